The van der Waals surface area contributed by atoms with E-state index in [4.69, 9.17) is 4.74 Å². The van der Waals surface area contributed by atoms with Crippen LogP contribution in [0.2, 0.25) is 0 Å². The molecule has 1 atom stereocenters. The second kappa shape index (κ2) is 6.40. The summed E-state index contributed by atoms with van der Waals surface area (Å²) >= 11 is 0. The first-order valence-electron chi connectivity index (χ1n) is 8.58. The van der Waals surface area contributed by atoms with Crippen LogP contribution >= 0.6 is 0 Å². The number of nitrogens with zero attached hydrogens (tertiary/aromatic N) is 6. The van der Waals surface area contributed by atoms with Crippen LogP contribution < -0.4 is 0 Å². The Balaban J connectivity index is 1.44. The number of likely N-dealkylation sites (N-methyl/N-ethyl adjacent to an activating group) is 1. The van der Waals surface area contributed by atoms with Crippen molar-refractivity contribution in [3.63, 3.8) is 0 Å². The fourth-order valence-electron chi connectivity index (χ4n) is 3.65. The van der Waals surface area contributed by atoms with E-state index in [2.05, 4.69) is 15.5 Å². The van der Waals surface area contributed by atoms with E-state index in [1.54, 1.807) is 27.9 Å². The normalized spacial score (nSPS) is 22.7. The maximum Gasteiger partial charge on any atom is 0.410 e. The van der Waals surface area contributed by atoms with Crippen LogP contribution in [0.1, 0.15) is 28.8 Å². The molecule has 0 bridgehead atoms. The number of ether oxygens (including phenoxy) is 1. The van der Waals surface area contributed by atoms with Crippen LogP contribution in [0.4, 0.5) is 4.79 Å². The van der Waals surface area contributed by atoms with Gasteiger partial charge in [0, 0.05) is 19.2 Å². The van der Waals surface area contributed by atoms with E-state index in [9.17, 15) is 9.59 Å². The minimum absolute atomic E-state index is 0.0383. The van der Waals surface area contributed by atoms with E-state index < -0.39 is 5.60 Å². The van der Waals surface area contributed by atoms with Gasteiger partial charge < -0.3 is 14.5 Å². The minimum Gasteiger partial charge on any atom is -0.439 e. The zero-order valence-electron chi connectivity index (χ0n) is 14.5. The van der Waals surface area contributed by atoms with Crippen molar-refractivity contribution < 1.29 is 14.3 Å². The molecule has 4 rings (SSSR count). The summed E-state index contributed by atoms with van der Waals surface area (Å²) in [7, 11) is 1.72. The Morgan fingerprint density at radius 2 is 2.08 bits per heavy atom. The van der Waals surface area contributed by atoms with Gasteiger partial charge in [-0.1, -0.05) is 12.1 Å². The van der Waals surface area contributed by atoms with Gasteiger partial charge in [-0.05, 0) is 41.0 Å². The molecule has 2 aromatic rings. The number of amides is 2. The summed E-state index contributed by atoms with van der Waals surface area (Å²) in [4.78, 5) is 28.0. The topological polar surface area (TPSA) is 93.5 Å². The Labute approximate surface area is 150 Å². The van der Waals surface area contributed by atoms with Crippen LogP contribution in [0, 0.1) is 0 Å². The lowest BCUT2D eigenvalue weighted by Gasteiger charge is -2.38. The Hall–Kier alpha value is -2.97. The molecule has 0 aliphatic carbocycles. The molecule has 1 spiro atoms. The lowest BCUT2D eigenvalue weighted by atomic mass is 9.92. The molecule has 2 aliphatic rings. The standard InChI is InChI=1S/C17H20N6O3/c1-21-10-17(26-16(21)25)7-2-8-22(11-17)15(24)14-5-3-13(4-6-14)9-23-12-18-19-20-23/h3-6,12H,2,7-11H2,1H3. The van der Waals surface area contributed by atoms with Crippen molar-refractivity contribution in [3.8, 4) is 0 Å². The van der Waals surface area contributed by atoms with Crippen molar-refractivity contribution in [1.29, 1.82) is 0 Å². The largest absolute Gasteiger partial charge is 0.439 e. The highest BCUT2D eigenvalue weighted by molar-refractivity contribution is 5.94. The van der Waals surface area contributed by atoms with Gasteiger partial charge >= 0.3 is 6.09 Å². The zero-order valence-corrected chi connectivity index (χ0v) is 14.5. The highest BCUT2D eigenvalue weighted by Gasteiger charge is 2.47. The molecule has 2 aliphatic heterocycles. The van der Waals surface area contributed by atoms with Crippen LogP contribution in [-0.4, -0.2) is 74.3 Å². The van der Waals surface area contributed by atoms with Gasteiger partial charge in [0.1, 0.15) is 11.9 Å². The Morgan fingerprint density at radius 1 is 1.27 bits per heavy atom. The molecule has 2 fully saturated rings. The van der Waals surface area contributed by atoms with Crippen molar-refractivity contribution in [2.45, 2.75) is 25.0 Å². The molecule has 0 saturated carbocycles. The Kier molecular flexibility index (Phi) is 4.06. The van der Waals surface area contributed by atoms with Crippen molar-refractivity contribution in [2.24, 2.45) is 0 Å². The van der Waals surface area contributed by atoms with Gasteiger partial charge in [0.2, 0.25) is 0 Å². The van der Waals surface area contributed by atoms with Crippen LogP contribution in [0.15, 0.2) is 30.6 Å². The van der Waals surface area contributed by atoms with Crippen LogP contribution in [0.5, 0.6) is 0 Å². The number of hydrogen-bond acceptors (Lipinski definition) is 6. The third kappa shape index (κ3) is 3.12. The summed E-state index contributed by atoms with van der Waals surface area (Å²) in [5.41, 5.74) is 1.07. The molecule has 9 nitrogen and oxygen atoms in total. The van der Waals surface area contributed by atoms with E-state index in [0.717, 1.165) is 18.4 Å². The minimum atomic E-state index is -0.570. The third-order valence-corrected chi connectivity index (χ3v) is 4.90. The monoisotopic (exact) mass is 356 g/mol. The first kappa shape index (κ1) is 16.5. The molecule has 2 amide bonds. The van der Waals surface area contributed by atoms with E-state index in [1.165, 1.54) is 0 Å². The Bertz CT molecular complexity index is 806. The van der Waals surface area contributed by atoms with Crippen LogP contribution in [0.3, 0.4) is 0 Å². The molecule has 136 valence electrons. The molecule has 2 saturated heterocycles. The number of rotatable bonds is 3. The van der Waals surface area contributed by atoms with Gasteiger partial charge in [-0.3, -0.25) is 4.79 Å². The van der Waals surface area contributed by atoms with E-state index in [0.29, 0.717) is 31.7 Å². The highest BCUT2D eigenvalue weighted by atomic mass is 16.6. The lowest BCUT2D eigenvalue weighted by Crippen LogP contribution is -2.52. The van der Waals surface area contributed by atoms with Gasteiger partial charge in [0.05, 0.1) is 19.6 Å². The first-order valence-corrected chi connectivity index (χ1v) is 8.58. The molecule has 0 radical (unpaired) electrons. The average Bonchev–Trinajstić information content (AvgIpc) is 3.23. The SMILES string of the molecule is CN1CC2(CCCN(C(=O)c3ccc(Cn4cnnn4)cc3)C2)OC1=O. The lowest BCUT2D eigenvalue weighted by molar-refractivity contribution is -0.00521. The van der Waals surface area contributed by atoms with Crippen LogP contribution in [0.25, 0.3) is 0 Å². The number of likely N-dealkylation sites (tertiary alicyclic amines) is 1. The zero-order chi connectivity index (χ0) is 18.1. The number of carbonyl (C=O) groups excluding carboxylic acids is 2. The van der Waals surface area contributed by atoms with Crippen molar-refractivity contribution in [2.75, 3.05) is 26.7 Å². The summed E-state index contributed by atoms with van der Waals surface area (Å²) in [6.07, 6.45) is 2.85. The predicted molar refractivity (Wildman–Crippen MR) is 90.3 cm³/mol. The first-order chi connectivity index (χ1) is 12.5. The number of tetrazole rings is 1. The van der Waals surface area contributed by atoms with Crippen molar-refractivity contribution >= 4 is 12.0 Å². The summed E-state index contributed by atoms with van der Waals surface area (Å²) in [5.74, 6) is -0.0383. The Morgan fingerprint density at radius 3 is 2.73 bits per heavy atom. The summed E-state index contributed by atoms with van der Waals surface area (Å²) < 4.78 is 7.19. The van der Waals surface area contributed by atoms with Gasteiger partial charge in [0.15, 0.2) is 0 Å². The molecule has 1 aromatic carbocycles. The third-order valence-electron chi connectivity index (χ3n) is 4.90. The average molecular weight is 356 g/mol. The highest BCUT2D eigenvalue weighted by Crippen LogP contribution is 2.32. The summed E-state index contributed by atoms with van der Waals surface area (Å²) in [6, 6.07) is 7.43. The van der Waals surface area contributed by atoms with E-state index >= 15 is 0 Å². The molecule has 9 heteroatoms. The van der Waals surface area contributed by atoms with Gasteiger partial charge in [-0.2, -0.15) is 0 Å². The molecule has 3 heterocycles. The smallest absolute Gasteiger partial charge is 0.410 e. The maximum atomic E-state index is 12.9. The van der Waals surface area contributed by atoms with Gasteiger partial charge in [0.25, 0.3) is 5.91 Å². The number of piperidine rings is 1. The molecule has 1 aromatic heterocycles. The van der Waals surface area contributed by atoms with Gasteiger partial charge in [-0.25, -0.2) is 9.48 Å². The number of carbonyl (C=O) groups is 2. The fourth-order valence-corrected chi connectivity index (χ4v) is 3.65. The molecule has 26 heavy (non-hydrogen) atoms. The molecule has 0 N–H and O–H groups in total. The summed E-state index contributed by atoms with van der Waals surface area (Å²) in [6.45, 7) is 2.19. The molecular weight excluding hydrogens is 336 g/mol. The van der Waals surface area contributed by atoms with E-state index in [-0.39, 0.29) is 12.0 Å². The summed E-state index contributed by atoms with van der Waals surface area (Å²) in [5, 5.41) is 11.0. The van der Waals surface area contributed by atoms with Crippen LogP contribution in [-0.2, 0) is 11.3 Å². The number of aromatic nitrogens is 4. The second-order valence-corrected chi connectivity index (χ2v) is 6.94. The molecular formula is C17H20N6O3. The molecule has 1 unspecified atom stereocenters. The van der Waals surface area contributed by atoms with Gasteiger partial charge in [-0.15, -0.1) is 5.10 Å². The maximum absolute atomic E-state index is 12.9. The fraction of sp³-hybridized carbons (Fsp3) is 0.471. The number of benzene rings is 1. The second-order valence-electron chi connectivity index (χ2n) is 6.94. The van der Waals surface area contributed by atoms with Crippen molar-refractivity contribution in [1.82, 2.24) is 30.0 Å². The quantitative estimate of drug-likeness (QED) is 0.807. The van der Waals surface area contributed by atoms with Crippen molar-refractivity contribution in [3.05, 3.63) is 41.7 Å². The predicted octanol–water partition coefficient (Wildman–Crippen LogP) is 0.778. The van der Waals surface area contributed by atoms with E-state index in [1.807, 2.05) is 24.3 Å². The number of hydrogen-bond donors (Lipinski definition) is 0.